The van der Waals surface area contributed by atoms with E-state index in [-0.39, 0.29) is 11.0 Å². The van der Waals surface area contributed by atoms with Gasteiger partial charge in [-0.2, -0.15) is 0 Å². The maximum atomic E-state index is 12.3. The van der Waals surface area contributed by atoms with E-state index >= 15 is 0 Å². The zero-order chi connectivity index (χ0) is 22.2. The van der Waals surface area contributed by atoms with Gasteiger partial charge in [-0.1, -0.05) is 53.5 Å². The van der Waals surface area contributed by atoms with Crippen molar-refractivity contribution in [1.82, 2.24) is 5.32 Å². The Labute approximate surface area is 195 Å². The highest BCUT2D eigenvalue weighted by Crippen LogP contribution is 2.22. The maximum absolute atomic E-state index is 12.3. The lowest BCUT2D eigenvalue weighted by molar-refractivity contribution is -0.115. The highest BCUT2D eigenvalue weighted by molar-refractivity contribution is 7.80. The second-order valence-electron chi connectivity index (χ2n) is 6.34. The number of rotatable bonds is 5. The van der Waals surface area contributed by atoms with Gasteiger partial charge < -0.3 is 10.6 Å². The first-order valence-corrected chi connectivity index (χ1v) is 10.3. The molecule has 0 atom stereocenters. The molecule has 0 aliphatic carbocycles. The molecule has 3 rings (SSSR count). The Morgan fingerprint density at radius 2 is 1.55 bits per heavy atom. The van der Waals surface area contributed by atoms with Crippen molar-refractivity contribution < 1.29 is 9.59 Å². The number of carbonyl (C=O) groups is 2. The van der Waals surface area contributed by atoms with Crippen molar-refractivity contribution in [2.75, 3.05) is 10.6 Å². The van der Waals surface area contributed by atoms with Crippen molar-refractivity contribution in [3.63, 3.8) is 0 Å². The van der Waals surface area contributed by atoms with Gasteiger partial charge >= 0.3 is 0 Å². The number of hydrogen-bond donors (Lipinski definition) is 3. The number of benzene rings is 3. The molecular formula is C23H17Cl2N3O2S. The fourth-order valence-corrected chi connectivity index (χ4v) is 3.28. The molecule has 0 radical (unpaired) electrons. The van der Waals surface area contributed by atoms with Crippen LogP contribution in [0.5, 0.6) is 0 Å². The Morgan fingerprint density at radius 1 is 0.839 bits per heavy atom. The number of halogens is 2. The number of anilines is 2. The van der Waals surface area contributed by atoms with E-state index < -0.39 is 5.91 Å². The fourth-order valence-electron chi connectivity index (χ4n) is 2.59. The van der Waals surface area contributed by atoms with E-state index in [9.17, 15) is 9.59 Å². The largest absolute Gasteiger partial charge is 0.332 e. The van der Waals surface area contributed by atoms with Crippen LogP contribution in [-0.4, -0.2) is 16.9 Å². The van der Waals surface area contributed by atoms with Crippen LogP contribution in [0.1, 0.15) is 15.9 Å². The van der Waals surface area contributed by atoms with Crippen molar-refractivity contribution in [3.8, 4) is 0 Å². The third kappa shape index (κ3) is 6.93. The molecule has 3 aromatic rings. The van der Waals surface area contributed by atoms with Gasteiger partial charge in [0.05, 0.1) is 0 Å². The fraction of sp³-hybridized carbons (Fsp3) is 0. The molecule has 3 aromatic carbocycles. The number of carbonyl (C=O) groups excluding carboxylic acids is 2. The molecule has 156 valence electrons. The minimum absolute atomic E-state index is 0.114. The first kappa shape index (κ1) is 22.5. The molecule has 0 saturated heterocycles. The van der Waals surface area contributed by atoms with Gasteiger partial charge in [-0.3, -0.25) is 14.9 Å². The van der Waals surface area contributed by atoms with Crippen LogP contribution >= 0.6 is 35.4 Å². The van der Waals surface area contributed by atoms with Gasteiger partial charge in [0.15, 0.2) is 5.11 Å². The molecule has 5 nitrogen and oxygen atoms in total. The summed E-state index contributed by atoms with van der Waals surface area (Å²) in [4.78, 5) is 24.4. The Morgan fingerprint density at radius 3 is 2.26 bits per heavy atom. The molecule has 0 spiro atoms. The summed E-state index contributed by atoms with van der Waals surface area (Å²) in [6.07, 6.45) is 2.88. The Balaban J connectivity index is 1.56. The summed E-state index contributed by atoms with van der Waals surface area (Å²) in [5, 5.41) is 9.35. The molecule has 0 aliphatic heterocycles. The summed E-state index contributed by atoms with van der Waals surface area (Å²) < 4.78 is 0. The van der Waals surface area contributed by atoms with Crippen LogP contribution in [0.25, 0.3) is 6.08 Å². The predicted molar refractivity (Wildman–Crippen MR) is 131 cm³/mol. The lowest BCUT2D eigenvalue weighted by Gasteiger charge is -2.10. The van der Waals surface area contributed by atoms with Gasteiger partial charge in [-0.05, 0) is 66.3 Å². The second kappa shape index (κ2) is 10.7. The molecule has 0 aliphatic rings. The number of hydrogen-bond acceptors (Lipinski definition) is 3. The van der Waals surface area contributed by atoms with Crippen LogP contribution in [0, 0.1) is 0 Å². The summed E-state index contributed by atoms with van der Waals surface area (Å²) >= 11 is 17.1. The Bertz CT molecular complexity index is 1150. The van der Waals surface area contributed by atoms with E-state index in [1.165, 1.54) is 6.08 Å². The second-order valence-corrected chi connectivity index (χ2v) is 7.60. The topological polar surface area (TPSA) is 70.2 Å². The van der Waals surface area contributed by atoms with Crippen LogP contribution in [0.2, 0.25) is 10.0 Å². The molecule has 31 heavy (non-hydrogen) atoms. The summed E-state index contributed by atoms with van der Waals surface area (Å²) in [5.74, 6) is -0.642. The number of thiocarbonyl (C=S) groups is 1. The van der Waals surface area contributed by atoms with E-state index in [0.717, 1.165) is 0 Å². The van der Waals surface area contributed by atoms with Gasteiger partial charge in [-0.25, -0.2) is 0 Å². The average Bonchev–Trinajstić information content (AvgIpc) is 2.74. The quantitative estimate of drug-likeness (QED) is 0.327. The summed E-state index contributed by atoms with van der Waals surface area (Å²) in [5.41, 5.74) is 2.41. The third-order valence-corrected chi connectivity index (χ3v) is 4.79. The summed E-state index contributed by atoms with van der Waals surface area (Å²) in [6.45, 7) is 0. The van der Waals surface area contributed by atoms with E-state index in [0.29, 0.717) is 32.5 Å². The minimum Gasteiger partial charge on any atom is -0.332 e. The standard InChI is InChI=1S/C23H17Cl2N3O2S/c24-17-11-9-15(20(25)13-17)10-12-21(29)28-23(31)27-19-8-4-7-18(14-19)26-22(30)16-5-2-1-3-6-16/h1-14H,(H,26,30)(H2,27,28,29,31). The van der Waals surface area contributed by atoms with Crippen LogP contribution in [0.15, 0.2) is 78.9 Å². The normalized spacial score (nSPS) is 10.5. The highest BCUT2D eigenvalue weighted by atomic mass is 35.5. The monoisotopic (exact) mass is 469 g/mol. The van der Waals surface area contributed by atoms with Crippen molar-refractivity contribution in [1.29, 1.82) is 0 Å². The lowest BCUT2D eigenvalue weighted by Crippen LogP contribution is -2.32. The summed E-state index contributed by atoms with van der Waals surface area (Å²) in [7, 11) is 0. The number of nitrogens with one attached hydrogen (secondary N) is 3. The molecular weight excluding hydrogens is 453 g/mol. The molecule has 2 amide bonds. The van der Waals surface area contributed by atoms with Crippen molar-refractivity contribution in [3.05, 3.63) is 100 Å². The van der Waals surface area contributed by atoms with Gasteiger partial charge in [-0.15, -0.1) is 0 Å². The van der Waals surface area contributed by atoms with Gasteiger partial charge in [0.1, 0.15) is 0 Å². The first-order valence-electron chi connectivity index (χ1n) is 9.12. The Hall–Kier alpha value is -3.19. The Kier molecular flexibility index (Phi) is 7.78. The molecule has 0 heterocycles. The molecule has 0 bridgehead atoms. The predicted octanol–water partition coefficient (Wildman–Crippen LogP) is 5.77. The zero-order valence-electron chi connectivity index (χ0n) is 16.1. The van der Waals surface area contributed by atoms with E-state index in [4.69, 9.17) is 35.4 Å². The molecule has 0 aromatic heterocycles. The molecule has 0 fully saturated rings. The van der Waals surface area contributed by atoms with Gasteiger partial charge in [0.25, 0.3) is 5.91 Å². The molecule has 0 unspecified atom stereocenters. The minimum atomic E-state index is -0.419. The summed E-state index contributed by atoms with van der Waals surface area (Å²) in [6, 6.07) is 20.9. The molecule has 0 saturated carbocycles. The van der Waals surface area contributed by atoms with Crippen LogP contribution in [-0.2, 0) is 4.79 Å². The van der Waals surface area contributed by atoms with E-state index in [2.05, 4.69) is 16.0 Å². The van der Waals surface area contributed by atoms with Gasteiger partial charge in [0, 0.05) is 33.1 Å². The number of amides is 2. The molecule has 8 heteroatoms. The van der Waals surface area contributed by atoms with Crippen molar-refractivity contribution in [2.24, 2.45) is 0 Å². The molecule has 3 N–H and O–H groups in total. The maximum Gasteiger partial charge on any atom is 0.255 e. The smallest absolute Gasteiger partial charge is 0.255 e. The SMILES string of the molecule is O=C(C=Cc1ccc(Cl)cc1Cl)NC(=S)Nc1cccc(NC(=O)c2ccccc2)c1. The third-order valence-electron chi connectivity index (χ3n) is 4.03. The zero-order valence-corrected chi connectivity index (χ0v) is 18.4. The first-order chi connectivity index (χ1) is 14.9. The van der Waals surface area contributed by atoms with E-state index in [1.54, 1.807) is 72.8 Å². The van der Waals surface area contributed by atoms with E-state index in [1.807, 2.05) is 6.07 Å². The van der Waals surface area contributed by atoms with Gasteiger partial charge in [0.2, 0.25) is 5.91 Å². The average molecular weight is 470 g/mol. The van der Waals surface area contributed by atoms with Crippen LogP contribution in [0.3, 0.4) is 0 Å². The van der Waals surface area contributed by atoms with Crippen LogP contribution < -0.4 is 16.0 Å². The highest BCUT2D eigenvalue weighted by Gasteiger charge is 2.07. The lowest BCUT2D eigenvalue weighted by atomic mass is 10.2. The van der Waals surface area contributed by atoms with Crippen molar-refractivity contribution in [2.45, 2.75) is 0 Å². The van der Waals surface area contributed by atoms with Crippen molar-refractivity contribution >= 4 is 69.8 Å². The van der Waals surface area contributed by atoms with Crippen LogP contribution in [0.4, 0.5) is 11.4 Å².